The standard InChI is InChI=1S/C20H24/c1-7-15-13-16-11-9-10-12-18(16)19(17(15)8-2)14(3)20(4,5)6/h7-14H,1-2H2,3-6H3. The van der Waals surface area contributed by atoms with E-state index in [1.807, 2.05) is 12.2 Å². The molecule has 0 N–H and O–H groups in total. The van der Waals surface area contributed by atoms with Crippen LogP contribution in [0.2, 0.25) is 0 Å². The second kappa shape index (κ2) is 5.28. The van der Waals surface area contributed by atoms with Gasteiger partial charge in [-0.1, -0.05) is 77.3 Å². The summed E-state index contributed by atoms with van der Waals surface area (Å²) >= 11 is 0. The Morgan fingerprint density at radius 1 is 1.05 bits per heavy atom. The Morgan fingerprint density at radius 3 is 2.25 bits per heavy atom. The molecule has 0 heterocycles. The maximum atomic E-state index is 4.02. The summed E-state index contributed by atoms with van der Waals surface area (Å²) in [4.78, 5) is 0. The highest BCUT2D eigenvalue weighted by Crippen LogP contribution is 2.41. The number of rotatable bonds is 3. The first kappa shape index (κ1) is 14.6. The largest absolute Gasteiger partial charge is 0.0984 e. The van der Waals surface area contributed by atoms with Crippen molar-refractivity contribution in [3.63, 3.8) is 0 Å². The van der Waals surface area contributed by atoms with Crippen LogP contribution in [0.5, 0.6) is 0 Å². The van der Waals surface area contributed by atoms with Crippen LogP contribution in [-0.2, 0) is 0 Å². The zero-order valence-electron chi connectivity index (χ0n) is 13.0. The molecule has 0 saturated carbocycles. The van der Waals surface area contributed by atoms with Crippen LogP contribution in [0.1, 0.15) is 50.3 Å². The van der Waals surface area contributed by atoms with Crippen molar-refractivity contribution in [1.29, 1.82) is 0 Å². The fourth-order valence-corrected chi connectivity index (χ4v) is 2.71. The second-order valence-electron chi connectivity index (χ2n) is 6.51. The van der Waals surface area contributed by atoms with Crippen LogP contribution >= 0.6 is 0 Å². The Balaban J connectivity index is 2.90. The molecule has 1 atom stereocenters. The minimum atomic E-state index is 0.209. The third-order valence-corrected chi connectivity index (χ3v) is 4.32. The Morgan fingerprint density at radius 2 is 1.70 bits per heavy atom. The SMILES string of the molecule is C=Cc1cc2ccccc2c(C(C)C(C)(C)C)c1C=C. The van der Waals surface area contributed by atoms with Gasteiger partial charge in [0.25, 0.3) is 0 Å². The van der Waals surface area contributed by atoms with Gasteiger partial charge >= 0.3 is 0 Å². The Bertz CT molecular complexity index is 654. The zero-order valence-corrected chi connectivity index (χ0v) is 13.0. The molecule has 2 rings (SSSR count). The Labute approximate surface area is 122 Å². The summed E-state index contributed by atoms with van der Waals surface area (Å²) in [6.07, 6.45) is 3.91. The van der Waals surface area contributed by atoms with Crippen molar-refractivity contribution in [1.82, 2.24) is 0 Å². The molecule has 0 aliphatic carbocycles. The highest BCUT2D eigenvalue weighted by atomic mass is 14.3. The second-order valence-corrected chi connectivity index (χ2v) is 6.51. The number of hydrogen-bond acceptors (Lipinski definition) is 0. The molecule has 0 nitrogen and oxygen atoms in total. The molecular formula is C20H24. The summed E-state index contributed by atoms with van der Waals surface area (Å²) in [5.41, 5.74) is 3.99. The lowest BCUT2D eigenvalue weighted by Gasteiger charge is -2.31. The predicted octanol–water partition coefficient (Wildman–Crippen LogP) is 6.28. The van der Waals surface area contributed by atoms with Crippen LogP contribution in [0, 0.1) is 5.41 Å². The van der Waals surface area contributed by atoms with Crippen molar-refractivity contribution in [2.45, 2.75) is 33.6 Å². The normalized spacial score (nSPS) is 13.2. The molecule has 0 aliphatic rings. The van der Waals surface area contributed by atoms with E-state index in [2.05, 4.69) is 71.2 Å². The van der Waals surface area contributed by atoms with Crippen LogP contribution < -0.4 is 0 Å². The van der Waals surface area contributed by atoms with E-state index < -0.39 is 0 Å². The minimum absolute atomic E-state index is 0.209. The molecule has 20 heavy (non-hydrogen) atoms. The highest BCUT2D eigenvalue weighted by molar-refractivity contribution is 5.92. The molecule has 0 heteroatoms. The van der Waals surface area contributed by atoms with Crippen molar-refractivity contribution in [2.75, 3.05) is 0 Å². The van der Waals surface area contributed by atoms with Crippen molar-refractivity contribution in [3.8, 4) is 0 Å². The molecule has 0 bridgehead atoms. The predicted molar refractivity (Wildman–Crippen MR) is 92.0 cm³/mol. The van der Waals surface area contributed by atoms with E-state index in [0.717, 1.165) is 0 Å². The molecule has 2 aromatic carbocycles. The van der Waals surface area contributed by atoms with Crippen molar-refractivity contribution >= 4 is 22.9 Å². The average Bonchev–Trinajstić information content (AvgIpc) is 2.43. The lowest BCUT2D eigenvalue weighted by Crippen LogP contribution is -2.17. The molecule has 0 fully saturated rings. The molecule has 0 saturated heterocycles. The summed E-state index contributed by atoms with van der Waals surface area (Å²) in [7, 11) is 0. The van der Waals surface area contributed by atoms with E-state index in [0.29, 0.717) is 5.92 Å². The van der Waals surface area contributed by atoms with Gasteiger partial charge in [0.15, 0.2) is 0 Å². The number of fused-ring (bicyclic) bond motifs is 1. The molecular weight excluding hydrogens is 240 g/mol. The Kier molecular flexibility index (Phi) is 3.85. The first-order chi connectivity index (χ1) is 9.40. The third-order valence-electron chi connectivity index (χ3n) is 4.32. The van der Waals surface area contributed by atoms with Gasteiger partial charge in [-0.25, -0.2) is 0 Å². The van der Waals surface area contributed by atoms with E-state index in [1.54, 1.807) is 0 Å². The summed E-state index contributed by atoms with van der Waals surface area (Å²) in [5.74, 6) is 0.445. The summed E-state index contributed by atoms with van der Waals surface area (Å²) in [5, 5.41) is 2.61. The van der Waals surface area contributed by atoms with E-state index in [4.69, 9.17) is 0 Å². The van der Waals surface area contributed by atoms with Gasteiger partial charge in [0.1, 0.15) is 0 Å². The van der Waals surface area contributed by atoms with Crippen molar-refractivity contribution in [3.05, 3.63) is 60.2 Å². The van der Waals surface area contributed by atoms with E-state index in [-0.39, 0.29) is 5.41 Å². The zero-order chi connectivity index (χ0) is 14.9. The number of hydrogen-bond donors (Lipinski definition) is 0. The molecule has 0 aliphatic heterocycles. The average molecular weight is 264 g/mol. The fraction of sp³-hybridized carbons (Fsp3) is 0.300. The van der Waals surface area contributed by atoms with Gasteiger partial charge in [0.2, 0.25) is 0 Å². The van der Waals surface area contributed by atoms with Crippen molar-refractivity contribution in [2.24, 2.45) is 5.41 Å². The monoisotopic (exact) mass is 264 g/mol. The van der Waals surface area contributed by atoms with Crippen LogP contribution in [0.25, 0.3) is 22.9 Å². The van der Waals surface area contributed by atoms with Crippen molar-refractivity contribution < 1.29 is 0 Å². The third kappa shape index (κ3) is 2.43. The fourth-order valence-electron chi connectivity index (χ4n) is 2.71. The highest BCUT2D eigenvalue weighted by Gasteiger charge is 2.25. The van der Waals surface area contributed by atoms with Crippen LogP contribution in [-0.4, -0.2) is 0 Å². The molecule has 0 aromatic heterocycles. The molecule has 1 unspecified atom stereocenters. The van der Waals surface area contributed by atoms with Crippen LogP contribution in [0.4, 0.5) is 0 Å². The number of benzene rings is 2. The lowest BCUT2D eigenvalue weighted by atomic mass is 9.74. The smallest absolute Gasteiger partial charge is 0.0129 e. The van der Waals surface area contributed by atoms with E-state index in [9.17, 15) is 0 Å². The van der Waals surface area contributed by atoms with E-state index >= 15 is 0 Å². The van der Waals surface area contributed by atoms with Gasteiger partial charge in [0.05, 0.1) is 0 Å². The lowest BCUT2D eigenvalue weighted by molar-refractivity contribution is 0.341. The molecule has 0 radical (unpaired) electrons. The summed E-state index contributed by atoms with van der Waals surface area (Å²) in [6, 6.07) is 10.8. The Hall–Kier alpha value is -1.82. The van der Waals surface area contributed by atoms with Crippen LogP contribution in [0.3, 0.4) is 0 Å². The van der Waals surface area contributed by atoms with E-state index in [1.165, 1.54) is 27.5 Å². The minimum Gasteiger partial charge on any atom is -0.0984 e. The first-order valence-electron chi connectivity index (χ1n) is 7.20. The summed E-state index contributed by atoms with van der Waals surface area (Å²) < 4.78 is 0. The molecule has 0 spiro atoms. The summed E-state index contributed by atoms with van der Waals surface area (Å²) in [6.45, 7) is 17.2. The van der Waals surface area contributed by atoms with Gasteiger partial charge in [-0.15, -0.1) is 0 Å². The topological polar surface area (TPSA) is 0 Å². The maximum Gasteiger partial charge on any atom is -0.0129 e. The van der Waals surface area contributed by atoms with Gasteiger partial charge in [-0.05, 0) is 44.9 Å². The van der Waals surface area contributed by atoms with Gasteiger partial charge in [-0.3, -0.25) is 0 Å². The van der Waals surface area contributed by atoms with Crippen LogP contribution in [0.15, 0.2) is 43.5 Å². The molecule has 2 aromatic rings. The molecule has 104 valence electrons. The van der Waals surface area contributed by atoms with Gasteiger partial charge in [-0.2, -0.15) is 0 Å². The quantitative estimate of drug-likeness (QED) is 0.612. The van der Waals surface area contributed by atoms with Gasteiger partial charge in [0, 0.05) is 0 Å². The first-order valence-corrected chi connectivity index (χ1v) is 7.20. The van der Waals surface area contributed by atoms with Gasteiger partial charge < -0.3 is 0 Å². The molecule has 0 amide bonds. The maximum absolute atomic E-state index is 4.02.